The highest BCUT2D eigenvalue weighted by Gasteiger charge is 2.02. The highest BCUT2D eigenvalue weighted by Crippen LogP contribution is 2.23. The van der Waals surface area contributed by atoms with E-state index in [1.165, 1.54) is 22.6 Å². The van der Waals surface area contributed by atoms with Gasteiger partial charge in [-0.2, -0.15) is 0 Å². The Morgan fingerprint density at radius 1 is 1.36 bits per heavy atom. The molecule has 0 aromatic heterocycles. The van der Waals surface area contributed by atoms with Gasteiger partial charge in [0, 0.05) is 18.5 Å². The molecule has 1 rings (SSSR count). The van der Waals surface area contributed by atoms with Crippen LogP contribution in [0.25, 0.3) is 0 Å². The van der Waals surface area contributed by atoms with Crippen LogP contribution >= 0.6 is 11.8 Å². The van der Waals surface area contributed by atoms with E-state index in [-0.39, 0.29) is 0 Å². The van der Waals surface area contributed by atoms with Gasteiger partial charge in [0.2, 0.25) is 0 Å². The standard InChI is InChI=1S/C11H18N2S/c1-3-8-14-11-7-5-4-6-10(11)9-13(2)12/h4-7H,3,8-9,12H2,1-2H3. The molecule has 0 bridgehead atoms. The summed E-state index contributed by atoms with van der Waals surface area (Å²) in [7, 11) is 1.89. The molecule has 1 aromatic rings. The molecule has 0 amide bonds. The van der Waals surface area contributed by atoms with Gasteiger partial charge in [0.1, 0.15) is 0 Å². The van der Waals surface area contributed by atoms with Gasteiger partial charge in [0.05, 0.1) is 0 Å². The Hall–Kier alpha value is -0.510. The molecule has 2 nitrogen and oxygen atoms in total. The minimum atomic E-state index is 0.812. The largest absolute Gasteiger partial charge is 0.269 e. The molecule has 0 spiro atoms. The van der Waals surface area contributed by atoms with Crippen molar-refractivity contribution in [2.45, 2.75) is 24.8 Å². The highest BCUT2D eigenvalue weighted by molar-refractivity contribution is 7.99. The highest BCUT2D eigenvalue weighted by atomic mass is 32.2. The van der Waals surface area contributed by atoms with E-state index in [2.05, 4.69) is 31.2 Å². The van der Waals surface area contributed by atoms with Gasteiger partial charge in [0.15, 0.2) is 0 Å². The second-order valence-electron chi connectivity index (χ2n) is 3.37. The van der Waals surface area contributed by atoms with Crippen molar-refractivity contribution in [3.63, 3.8) is 0 Å². The van der Waals surface area contributed by atoms with Gasteiger partial charge in [-0.15, -0.1) is 11.8 Å². The molecule has 0 saturated carbocycles. The summed E-state index contributed by atoms with van der Waals surface area (Å²) < 4.78 is 0. The Kier molecular flexibility index (Phi) is 5.01. The van der Waals surface area contributed by atoms with E-state index in [0.29, 0.717) is 0 Å². The molecule has 2 N–H and O–H groups in total. The van der Waals surface area contributed by atoms with Crippen molar-refractivity contribution in [3.05, 3.63) is 29.8 Å². The summed E-state index contributed by atoms with van der Waals surface area (Å²) in [4.78, 5) is 1.35. The van der Waals surface area contributed by atoms with Crippen molar-refractivity contribution < 1.29 is 0 Å². The number of benzene rings is 1. The number of hydrogen-bond acceptors (Lipinski definition) is 3. The fraction of sp³-hybridized carbons (Fsp3) is 0.455. The zero-order valence-electron chi connectivity index (χ0n) is 8.86. The molecule has 3 heteroatoms. The molecular weight excluding hydrogens is 192 g/mol. The monoisotopic (exact) mass is 210 g/mol. The number of nitrogens with zero attached hydrogens (tertiary/aromatic N) is 1. The van der Waals surface area contributed by atoms with Crippen molar-refractivity contribution in [2.75, 3.05) is 12.8 Å². The lowest BCUT2D eigenvalue weighted by Crippen LogP contribution is -2.25. The average molecular weight is 210 g/mol. The first-order valence-corrected chi connectivity index (χ1v) is 5.89. The third kappa shape index (κ3) is 3.70. The van der Waals surface area contributed by atoms with E-state index in [1.807, 2.05) is 18.8 Å². The summed E-state index contributed by atoms with van der Waals surface area (Å²) in [6, 6.07) is 8.45. The molecule has 0 heterocycles. The molecule has 0 fully saturated rings. The Morgan fingerprint density at radius 2 is 2.07 bits per heavy atom. The van der Waals surface area contributed by atoms with Gasteiger partial charge in [-0.3, -0.25) is 5.84 Å². The van der Waals surface area contributed by atoms with Gasteiger partial charge in [-0.05, 0) is 23.8 Å². The number of hydrogen-bond donors (Lipinski definition) is 1. The average Bonchev–Trinajstić information content (AvgIpc) is 2.16. The molecular formula is C11H18N2S. The topological polar surface area (TPSA) is 29.3 Å². The van der Waals surface area contributed by atoms with Crippen LogP contribution in [-0.2, 0) is 6.54 Å². The lowest BCUT2D eigenvalue weighted by atomic mass is 10.2. The zero-order chi connectivity index (χ0) is 10.4. The van der Waals surface area contributed by atoms with Gasteiger partial charge in [-0.1, -0.05) is 25.1 Å². The van der Waals surface area contributed by atoms with Crippen molar-refractivity contribution in [3.8, 4) is 0 Å². The molecule has 0 aliphatic rings. The molecule has 0 unspecified atom stereocenters. The van der Waals surface area contributed by atoms with Gasteiger partial charge >= 0.3 is 0 Å². The van der Waals surface area contributed by atoms with Crippen LogP contribution in [0.5, 0.6) is 0 Å². The number of rotatable bonds is 5. The maximum Gasteiger partial charge on any atom is 0.0387 e. The normalized spacial score (nSPS) is 10.9. The van der Waals surface area contributed by atoms with E-state index in [4.69, 9.17) is 5.84 Å². The van der Waals surface area contributed by atoms with Crippen LogP contribution in [0.1, 0.15) is 18.9 Å². The second kappa shape index (κ2) is 6.06. The van der Waals surface area contributed by atoms with E-state index in [9.17, 15) is 0 Å². The lowest BCUT2D eigenvalue weighted by molar-refractivity contribution is 0.339. The summed E-state index contributed by atoms with van der Waals surface area (Å²) >= 11 is 1.91. The number of thioether (sulfide) groups is 1. The predicted octanol–water partition coefficient (Wildman–Crippen LogP) is 2.49. The predicted molar refractivity (Wildman–Crippen MR) is 63.1 cm³/mol. The summed E-state index contributed by atoms with van der Waals surface area (Å²) in [5.74, 6) is 6.82. The summed E-state index contributed by atoms with van der Waals surface area (Å²) in [5.41, 5.74) is 1.32. The number of hydrazine groups is 1. The first-order valence-electron chi connectivity index (χ1n) is 4.90. The minimum Gasteiger partial charge on any atom is -0.269 e. The van der Waals surface area contributed by atoms with Crippen molar-refractivity contribution in [1.82, 2.24) is 5.01 Å². The summed E-state index contributed by atoms with van der Waals surface area (Å²) in [5, 5.41) is 1.71. The summed E-state index contributed by atoms with van der Waals surface area (Å²) in [6.45, 7) is 3.01. The quantitative estimate of drug-likeness (QED) is 0.460. The smallest absolute Gasteiger partial charge is 0.0387 e. The first kappa shape index (κ1) is 11.6. The Bertz CT molecular complexity index is 274. The Labute approximate surface area is 90.4 Å². The number of nitrogens with two attached hydrogens (primary N) is 1. The van der Waals surface area contributed by atoms with E-state index >= 15 is 0 Å². The van der Waals surface area contributed by atoms with Crippen LogP contribution < -0.4 is 5.84 Å². The second-order valence-corrected chi connectivity index (χ2v) is 4.51. The fourth-order valence-corrected chi connectivity index (χ4v) is 2.17. The minimum absolute atomic E-state index is 0.812. The van der Waals surface area contributed by atoms with E-state index in [1.54, 1.807) is 5.01 Å². The van der Waals surface area contributed by atoms with Crippen LogP contribution in [0.4, 0.5) is 0 Å². The third-order valence-electron chi connectivity index (χ3n) is 1.85. The van der Waals surface area contributed by atoms with E-state index in [0.717, 1.165) is 6.54 Å². The molecule has 1 aromatic carbocycles. The van der Waals surface area contributed by atoms with Crippen LogP contribution in [0.2, 0.25) is 0 Å². The SMILES string of the molecule is CCCSc1ccccc1CN(C)N. The van der Waals surface area contributed by atoms with Crippen LogP contribution in [0, 0.1) is 0 Å². The van der Waals surface area contributed by atoms with Crippen molar-refractivity contribution >= 4 is 11.8 Å². The van der Waals surface area contributed by atoms with Crippen LogP contribution in [0.3, 0.4) is 0 Å². The summed E-state index contributed by atoms with van der Waals surface area (Å²) in [6.07, 6.45) is 1.21. The maximum absolute atomic E-state index is 5.65. The molecule has 78 valence electrons. The van der Waals surface area contributed by atoms with Crippen molar-refractivity contribution in [2.24, 2.45) is 5.84 Å². The maximum atomic E-state index is 5.65. The molecule has 0 aliphatic carbocycles. The van der Waals surface area contributed by atoms with E-state index < -0.39 is 0 Å². The van der Waals surface area contributed by atoms with Crippen molar-refractivity contribution in [1.29, 1.82) is 0 Å². The molecule has 0 aliphatic heterocycles. The molecule has 0 atom stereocenters. The van der Waals surface area contributed by atoms with Crippen LogP contribution in [0.15, 0.2) is 29.2 Å². The Balaban J connectivity index is 2.69. The van der Waals surface area contributed by atoms with Gasteiger partial charge in [-0.25, -0.2) is 5.01 Å². The zero-order valence-corrected chi connectivity index (χ0v) is 9.68. The van der Waals surface area contributed by atoms with Crippen LogP contribution in [-0.4, -0.2) is 17.8 Å². The molecule has 14 heavy (non-hydrogen) atoms. The molecule has 0 saturated heterocycles. The lowest BCUT2D eigenvalue weighted by Gasteiger charge is -2.13. The third-order valence-corrected chi connectivity index (χ3v) is 3.18. The Morgan fingerprint density at radius 3 is 2.71 bits per heavy atom. The first-order chi connectivity index (χ1) is 6.74. The fourth-order valence-electron chi connectivity index (χ4n) is 1.26. The van der Waals surface area contributed by atoms with Gasteiger partial charge < -0.3 is 0 Å². The van der Waals surface area contributed by atoms with Gasteiger partial charge in [0.25, 0.3) is 0 Å². The molecule has 0 radical (unpaired) electrons.